The number of rotatable bonds is 6. The maximum atomic E-state index is 11.5. The highest BCUT2D eigenvalue weighted by Crippen LogP contribution is 2.29. The van der Waals surface area contributed by atoms with Crippen LogP contribution >= 0.6 is 0 Å². The Labute approximate surface area is 104 Å². The molecule has 0 bridgehead atoms. The van der Waals surface area contributed by atoms with Crippen LogP contribution in [0.15, 0.2) is 0 Å². The SMILES string of the molecule is CCOC(=O)CC(C)N(C)C1CCCC1CN. The largest absolute Gasteiger partial charge is 0.466 e. The Bertz CT molecular complexity index is 246. The van der Waals surface area contributed by atoms with Gasteiger partial charge in [-0.15, -0.1) is 0 Å². The molecule has 0 amide bonds. The molecule has 4 heteroatoms. The van der Waals surface area contributed by atoms with Crippen LogP contribution in [0.25, 0.3) is 0 Å². The minimum atomic E-state index is -0.103. The minimum absolute atomic E-state index is 0.103. The van der Waals surface area contributed by atoms with E-state index in [9.17, 15) is 4.79 Å². The lowest BCUT2D eigenvalue weighted by Gasteiger charge is -2.33. The molecule has 1 aliphatic rings. The van der Waals surface area contributed by atoms with E-state index < -0.39 is 0 Å². The summed E-state index contributed by atoms with van der Waals surface area (Å²) in [7, 11) is 2.10. The Morgan fingerprint density at radius 1 is 1.53 bits per heavy atom. The van der Waals surface area contributed by atoms with E-state index in [2.05, 4.69) is 18.9 Å². The summed E-state index contributed by atoms with van der Waals surface area (Å²) in [5.41, 5.74) is 5.79. The Hall–Kier alpha value is -0.610. The first-order valence-corrected chi connectivity index (χ1v) is 6.67. The van der Waals surface area contributed by atoms with Crippen LogP contribution in [0.5, 0.6) is 0 Å². The molecular weight excluding hydrogens is 216 g/mol. The van der Waals surface area contributed by atoms with Crippen molar-refractivity contribution in [1.29, 1.82) is 0 Å². The Balaban J connectivity index is 2.45. The summed E-state index contributed by atoms with van der Waals surface area (Å²) in [6.45, 7) is 5.14. The molecule has 4 nitrogen and oxygen atoms in total. The topological polar surface area (TPSA) is 55.6 Å². The van der Waals surface area contributed by atoms with E-state index in [1.54, 1.807) is 0 Å². The smallest absolute Gasteiger partial charge is 0.307 e. The molecule has 3 unspecified atom stereocenters. The molecule has 2 N–H and O–H groups in total. The summed E-state index contributed by atoms with van der Waals surface area (Å²) in [5, 5.41) is 0. The fraction of sp³-hybridized carbons (Fsp3) is 0.923. The molecule has 0 aromatic heterocycles. The molecule has 1 aliphatic carbocycles. The van der Waals surface area contributed by atoms with Crippen molar-refractivity contribution >= 4 is 5.97 Å². The van der Waals surface area contributed by atoms with Crippen LogP contribution in [0.2, 0.25) is 0 Å². The van der Waals surface area contributed by atoms with Gasteiger partial charge in [0.1, 0.15) is 0 Å². The maximum Gasteiger partial charge on any atom is 0.307 e. The van der Waals surface area contributed by atoms with Crippen LogP contribution in [0.1, 0.15) is 39.5 Å². The lowest BCUT2D eigenvalue weighted by atomic mass is 10.0. The van der Waals surface area contributed by atoms with Gasteiger partial charge in [0.2, 0.25) is 0 Å². The van der Waals surface area contributed by atoms with Crippen molar-refractivity contribution in [3.8, 4) is 0 Å². The number of carbonyl (C=O) groups excluding carboxylic acids is 1. The zero-order chi connectivity index (χ0) is 12.8. The highest BCUT2D eigenvalue weighted by Gasteiger charge is 2.31. The average Bonchev–Trinajstić information content (AvgIpc) is 2.76. The van der Waals surface area contributed by atoms with Gasteiger partial charge in [-0.25, -0.2) is 0 Å². The van der Waals surface area contributed by atoms with Crippen LogP contribution in [0.3, 0.4) is 0 Å². The Kier molecular flexibility index (Phi) is 5.92. The molecule has 0 spiro atoms. The van der Waals surface area contributed by atoms with Gasteiger partial charge in [-0.3, -0.25) is 9.69 Å². The maximum absolute atomic E-state index is 11.5. The second-order valence-corrected chi connectivity index (χ2v) is 5.02. The molecule has 0 aromatic rings. The van der Waals surface area contributed by atoms with E-state index in [0.717, 1.165) is 6.54 Å². The zero-order valence-corrected chi connectivity index (χ0v) is 11.3. The Morgan fingerprint density at radius 3 is 2.82 bits per heavy atom. The fourth-order valence-corrected chi connectivity index (χ4v) is 2.76. The molecule has 0 saturated heterocycles. The first kappa shape index (κ1) is 14.5. The molecule has 0 heterocycles. The van der Waals surface area contributed by atoms with E-state index in [1.165, 1.54) is 19.3 Å². The van der Waals surface area contributed by atoms with Gasteiger partial charge >= 0.3 is 5.97 Å². The van der Waals surface area contributed by atoms with Gasteiger partial charge < -0.3 is 10.5 Å². The summed E-state index contributed by atoms with van der Waals surface area (Å²) in [4.78, 5) is 13.8. The number of esters is 1. The fourth-order valence-electron chi connectivity index (χ4n) is 2.76. The Morgan fingerprint density at radius 2 is 2.24 bits per heavy atom. The first-order chi connectivity index (χ1) is 8.10. The van der Waals surface area contributed by atoms with Crippen molar-refractivity contribution in [3.63, 3.8) is 0 Å². The predicted octanol–water partition coefficient (Wildman–Crippen LogP) is 1.39. The summed E-state index contributed by atoms with van der Waals surface area (Å²) in [6.07, 6.45) is 4.14. The van der Waals surface area contributed by atoms with Crippen LogP contribution in [-0.2, 0) is 9.53 Å². The first-order valence-electron chi connectivity index (χ1n) is 6.67. The van der Waals surface area contributed by atoms with Gasteiger partial charge in [0, 0.05) is 12.1 Å². The second-order valence-electron chi connectivity index (χ2n) is 5.02. The zero-order valence-electron chi connectivity index (χ0n) is 11.3. The summed E-state index contributed by atoms with van der Waals surface area (Å²) >= 11 is 0. The molecule has 100 valence electrons. The van der Waals surface area contributed by atoms with Crippen molar-refractivity contribution in [1.82, 2.24) is 4.90 Å². The number of ether oxygens (including phenoxy) is 1. The predicted molar refractivity (Wildman–Crippen MR) is 68.7 cm³/mol. The summed E-state index contributed by atoms with van der Waals surface area (Å²) in [5.74, 6) is 0.485. The van der Waals surface area contributed by atoms with Crippen molar-refractivity contribution in [2.24, 2.45) is 11.7 Å². The number of carbonyl (C=O) groups is 1. The highest BCUT2D eigenvalue weighted by atomic mass is 16.5. The van der Waals surface area contributed by atoms with Crippen molar-refractivity contribution in [3.05, 3.63) is 0 Å². The van der Waals surface area contributed by atoms with Crippen LogP contribution in [0.4, 0.5) is 0 Å². The van der Waals surface area contributed by atoms with Crippen LogP contribution in [0, 0.1) is 5.92 Å². The number of nitrogens with zero attached hydrogens (tertiary/aromatic N) is 1. The number of hydrogen-bond donors (Lipinski definition) is 1. The van der Waals surface area contributed by atoms with Gasteiger partial charge in [-0.2, -0.15) is 0 Å². The number of hydrogen-bond acceptors (Lipinski definition) is 4. The molecule has 17 heavy (non-hydrogen) atoms. The lowest BCUT2D eigenvalue weighted by Crippen LogP contribution is -2.43. The number of nitrogens with two attached hydrogens (primary N) is 1. The van der Waals surface area contributed by atoms with E-state index in [1.807, 2.05) is 6.92 Å². The third kappa shape index (κ3) is 3.96. The lowest BCUT2D eigenvalue weighted by molar-refractivity contribution is -0.144. The summed E-state index contributed by atoms with van der Waals surface area (Å²) in [6, 6.07) is 0.760. The van der Waals surface area contributed by atoms with Crippen molar-refractivity contribution in [2.75, 3.05) is 20.2 Å². The van der Waals surface area contributed by atoms with Crippen molar-refractivity contribution < 1.29 is 9.53 Å². The van der Waals surface area contributed by atoms with Gasteiger partial charge in [0.25, 0.3) is 0 Å². The van der Waals surface area contributed by atoms with E-state index >= 15 is 0 Å². The quantitative estimate of drug-likeness (QED) is 0.715. The monoisotopic (exact) mass is 242 g/mol. The van der Waals surface area contributed by atoms with E-state index in [-0.39, 0.29) is 12.0 Å². The molecule has 1 rings (SSSR count). The minimum Gasteiger partial charge on any atom is -0.466 e. The standard InChI is InChI=1S/C13H26N2O2/c1-4-17-13(16)8-10(2)15(3)12-7-5-6-11(12)9-14/h10-12H,4-9,14H2,1-3H3. The molecule has 0 aliphatic heterocycles. The van der Waals surface area contributed by atoms with Crippen LogP contribution in [-0.4, -0.2) is 43.2 Å². The normalized spacial score (nSPS) is 26.2. The van der Waals surface area contributed by atoms with Gasteiger partial charge in [0.05, 0.1) is 13.0 Å². The third-order valence-corrected chi connectivity index (χ3v) is 3.91. The van der Waals surface area contributed by atoms with Gasteiger partial charge in [0.15, 0.2) is 0 Å². The molecule has 0 aromatic carbocycles. The van der Waals surface area contributed by atoms with Crippen LogP contribution < -0.4 is 5.73 Å². The van der Waals surface area contributed by atoms with E-state index in [4.69, 9.17) is 10.5 Å². The molecular formula is C13H26N2O2. The second kappa shape index (κ2) is 6.97. The van der Waals surface area contributed by atoms with E-state index in [0.29, 0.717) is 25.0 Å². The molecule has 3 atom stereocenters. The van der Waals surface area contributed by atoms with Crippen molar-refractivity contribution in [2.45, 2.75) is 51.6 Å². The van der Waals surface area contributed by atoms with Gasteiger partial charge in [-0.05, 0) is 46.2 Å². The highest BCUT2D eigenvalue weighted by molar-refractivity contribution is 5.70. The third-order valence-electron chi connectivity index (χ3n) is 3.91. The average molecular weight is 242 g/mol. The molecule has 1 saturated carbocycles. The molecule has 1 fully saturated rings. The molecule has 0 radical (unpaired) electrons. The summed E-state index contributed by atoms with van der Waals surface area (Å²) < 4.78 is 4.99. The van der Waals surface area contributed by atoms with Gasteiger partial charge in [-0.1, -0.05) is 6.42 Å².